The fourth-order valence-corrected chi connectivity index (χ4v) is 4.27. The van der Waals surface area contributed by atoms with Crippen molar-refractivity contribution >= 4 is 17.3 Å². The van der Waals surface area contributed by atoms with Gasteiger partial charge in [-0.3, -0.25) is 0 Å². The van der Waals surface area contributed by atoms with E-state index < -0.39 is 5.97 Å². The summed E-state index contributed by atoms with van der Waals surface area (Å²) in [4.78, 5) is 18.4. The highest BCUT2D eigenvalue weighted by molar-refractivity contribution is 7.13. The summed E-state index contributed by atoms with van der Waals surface area (Å²) in [7, 11) is 0. The van der Waals surface area contributed by atoms with Crippen molar-refractivity contribution in [2.24, 2.45) is 5.92 Å². The first-order valence-corrected chi connectivity index (χ1v) is 9.39. The quantitative estimate of drug-likeness (QED) is 0.869. The SMILES string of the molecule is Cc1nc(CCN2CCC(Cc3ccccc3)CC2)sc1C(=O)O. The molecule has 4 nitrogen and oxygen atoms in total. The normalized spacial score (nSPS) is 16.4. The Morgan fingerprint density at radius 1 is 1.29 bits per heavy atom. The first kappa shape index (κ1) is 17.1. The first-order valence-electron chi connectivity index (χ1n) is 8.57. The van der Waals surface area contributed by atoms with Gasteiger partial charge in [0.05, 0.1) is 10.7 Å². The maximum atomic E-state index is 11.1. The molecule has 3 rings (SSSR count). The zero-order chi connectivity index (χ0) is 16.9. The van der Waals surface area contributed by atoms with Gasteiger partial charge in [-0.05, 0) is 50.8 Å². The third kappa shape index (κ3) is 4.42. The number of carbonyl (C=O) groups is 1. The summed E-state index contributed by atoms with van der Waals surface area (Å²) in [5, 5.41) is 10.0. The summed E-state index contributed by atoms with van der Waals surface area (Å²) in [6.45, 7) is 5.02. The Bertz CT molecular complexity index is 676. The van der Waals surface area contributed by atoms with Crippen LogP contribution in [0.25, 0.3) is 0 Å². The Hall–Kier alpha value is -1.72. The number of hydrogen-bond acceptors (Lipinski definition) is 4. The maximum absolute atomic E-state index is 11.1. The Labute approximate surface area is 147 Å². The van der Waals surface area contributed by atoms with E-state index in [1.165, 1.54) is 36.2 Å². The molecule has 0 bridgehead atoms. The Morgan fingerprint density at radius 3 is 2.62 bits per heavy atom. The van der Waals surface area contributed by atoms with E-state index in [4.69, 9.17) is 5.11 Å². The fourth-order valence-electron chi connectivity index (χ4n) is 3.37. The van der Waals surface area contributed by atoms with Gasteiger partial charge in [-0.2, -0.15) is 0 Å². The standard InChI is InChI=1S/C19H24N2O2S/c1-14-18(19(22)23)24-17(20-14)9-12-21-10-7-16(8-11-21)13-15-5-3-2-4-6-15/h2-6,16H,7-13H2,1H3,(H,22,23). The molecular formula is C19H24N2O2S. The number of nitrogens with zero attached hydrogens (tertiary/aromatic N) is 2. The van der Waals surface area contributed by atoms with Crippen LogP contribution in [0.1, 0.15) is 38.8 Å². The fraction of sp³-hybridized carbons (Fsp3) is 0.474. The summed E-state index contributed by atoms with van der Waals surface area (Å²) in [6.07, 6.45) is 4.52. The Kier molecular flexibility index (Phi) is 5.63. The number of aromatic nitrogens is 1. The predicted molar refractivity (Wildman–Crippen MR) is 96.8 cm³/mol. The lowest BCUT2D eigenvalue weighted by molar-refractivity contribution is 0.0701. The van der Waals surface area contributed by atoms with Crippen molar-refractivity contribution in [3.05, 3.63) is 51.5 Å². The molecule has 1 aromatic carbocycles. The van der Waals surface area contributed by atoms with Gasteiger partial charge in [0.25, 0.3) is 0 Å². The first-order chi connectivity index (χ1) is 11.6. The Balaban J connectivity index is 1.44. The van der Waals surface area contributed by atoms with Crippen LogP contribution in [0.3, 0.4) is 0 Å². The third-order valence-corrected chi connectivity index (χ3v) is 5.96. The van der Waals surface area contributed by atoms with Crippen LogP contribution in [0.2, 0.25) is 0 Å². The Morgan fingerprint density at radius 2 is 2.00 bits per heavy atom. The molecule has 1 aliphatic heterocycles. The minimum Gasteiger partial charge on any atom is -0.477 e. The average molecular weight is 344 g/mol. The van der Waals surface area contributed by atoms with E-state index in [-0.39, 0.29) is 0 Å². The van der Waals surface area contributed by atoms with Crippen LogP contribution in [0.5, 0.6) is 0 Å². The number of benzene rings is 1. The zero-order valence-electron chi connectivity index (χ0n) is 14.1. The van der Waals surface area contributed by atoms with E-state index in [1.807, 2.05) is 0 Å². The summed E-state index contributed by atoms with van der Waals surface area (Å²) in [6, 6.07) is 10.7. The molecule has 1 aromatic heterocycles. The topological polar surface area (TPSA) is 53.4 Å². The number of carboxylic acids is 1. The van der Waals surface area contributed by atoms with Gasteiger partial charge in [0.1, 0.15) is 4.88 Å². The molecule has 0 amide bonds. The number of likely N-dealkylation sites (tertiary alicyclic amines) is 1. The van der Waals surface area contributed by atoms with Gasteiger partial charge in [-0.1, -0.05) is 30.3 Å². The molecule has 0 saturated carbocycles. The van der Waals surface area contributed by atoms with Crippen LogP contribution in [0, 0.1) is 12.8 Å². The van der Waals surface area contributed by atoms with Crippen LogP contribution in [-0.4, -0.2) is 40.6 Å². The molecule has 128 valence electrons. The second kappa shape index (κ2) is 7.90. The summed E-state index contributed by atoms with van der Waals surface area (Å²) >= 11 is 1.32. The highest BCUT2D eigenvalue weighted by Gasteiger charge is 2.20. The monoisotopic (exact) mass is 344 g/mol. The molecule has 0 atom stereocenters. The van der Waals surface area contributed by atoms with E-state index in [1.54, 1.807) is 6.92 Å². The van der Waals surface area contributed by atoms with Crippen LogP contribution in [-0.2, 0) is 12.8 Å². The number of hydrogen-bond donors (Lipinski definition) is 1. The van der Waals surface area contributed by atoms with E-state index >= 15 is 0 Å². The highest BCUT2D eigenvalue weighted by Crippen LogP contribution is 2.23. The molecule has 0 unspecified atom stereocenters. The molecule has 0 aliphatic carbocycles. The number of thiazole rings is 1. The largest absolute Gasteiger partial charge is 0.477 e. The van der Waals surface area contributed by atoms with Gasteiger partial charge < -0.3 is 10.0 Å². The number of rotatable bonds is 6. The van der Waals surface area contributed by atoms with E-state index in [2.05, 4.69) is 40.2 Å². The molecule has 2 aromatic rings. The van der Waals surface area contributed by atoms with E-state index in [9.17, 15) is 4.79 Å². The molecular weight excluding hydrogens is 320 g/mol. The molecule has 5 heteroatoms. The van der Waals surface area contributed by atoms with Gasteiger partial charge in [-0.15, -0.1) is 11.3 Å². The second-order valence-corrected chi connectivity index (χ2v) is 7.64. The predicted octanol–water partition coefficient (Wildman–Crippen LogP) is 3.65. The second-order valence-electron chi connectivity index (χ2n) is 6.55. The van der Waals surface area contributed by atoms with Crippen molar-refractivity contribution in [2.45, 2.75) is 32.6 Å². The van der Waals surface area contributed by atoms with Crippen LogP contribution in [0.4, 0.5) is 0 Å². The lowest BCUT2D eigenvalue weighted by Crippen LogP contribution is -2.35. The van der Waals surface area contributed by atoms with Crippen molar-refractivity contribution in [3.63, 3.8) is 0 Å². The van der Waals surface area contributed by atoms with Crippen LogP contribution in [0.15, 0.2) is 30.3 Å². The molecule has 1 aliphatic rings. The molecule has 2 heterocycles. The van der Waals surface area contributed by atoms with Gasteiger partial charge >= 0.3 is 5.97 Å². The summed E-state index contributed by atoms with van der Waals surface area (Å²) in [5.74, 6) is -0.0812. The van der Waals surface area contributed by atoms with Crippen molar-refractivity contribution in [1.82, 2.24) is 9.88 Å². The van der Waals surface area contributed by atoms with E-state index in [0.29, 0.717) is 10.6 Å². The van der Waals surface area contributed by atoms with Crippen molar-refractivity contribution < 1.29 is 9.90 Å². The van der Waals surface area contributed by atoms with Crippen LogP contribution >= 0.6 is 11.3 Å². The van der Waals surface area contributed by atoms with Crippen molar-refractivity contribution in [1.29, 1.82) is 0 Å². The average Bonchev–Trinajstić information content (AvgIpc) is 2.96. The van der Waals surface area contributed by atoms with Gasteiger partial charge in [-0.25, -0.2) is 9.78 Å². The number of piperidine rings is 1. The molecule has 0 spiro atoms. The van der Waals surface area contributed by atoms with Crippen LogP contribution < -0.4 is 0 Å². The van der Waals surface area contributed by atoms with E-state index in [0.717, 1.165) is 37.0 Å². The van der Waals surface area contributed by atoms with Crippen molar-refractivity contribution in [2.75, 3.05) is 19.6 Å². The molecule has 1 saturated heterocycles. The summed E-state index contributed by atoms with van der Waals surface area (Å²) < 4.78 is 0. The highest BCUT2D eigenvalue weighted by atomic mass is 32.1. The van der Waals surface area contributed by atoms with Gasteiger partial charge in [0.15, 0.2) is 0 Å². The lowest BCUT2D eigenvalue weighted by Gasteiger charge is -2.31. The third-order valence-electron chi connectivity index (χ3n) is 4.75. The lowest BCUT2D eigenvalue weighted by atomic mass is 9.90. The summed E-state index contributed by atoms with van der Waals surface area (Å²) in [5.41, 5.74) is 2.08. The number of aromatic carboxylic acids is 1. The minimum absolute atomic E-state index is 0.381. The van der Waals surface area contributed by atoms with Gasteiger partial charge in [0.2, 0.25) is 0 Å². The maximum Gasteiger partial charge on any atom is 0.347 e. The van der Waals surface area contributed by atoms with Gasteiger partial charge in [0, 0.05) is 13.0 Å². The molecule has 1 fully saturated rings. The molecule has 24 heavy (non-hydrogen) atoms. The smallest absolute Gasteiger partial charge is 0.347 e. The minimum atomic E-state index is -0.863. The molecule has 1 N–H and O–H groups in total. The number of carboxylic acid groups (broad SMARTS) is 1. The molecule has 0 radical (unpaired) electrons. The zero-order valence-corrected chi connectivity index (χ0v) is 14.9. The number of aryl methyl sites for hydroxylation is 1. The van der Waals surface area contributed by atoms with Crippen molar-refractivity contribution in [3.8, 4) is 0 Å².